The van der Waals surface area contributed by atoms with Crippen LogP contribution in [0.4, 0.5) is 0 Å². The summed E-state index contributed by atoms with van der Waals surface area (Å²) in [5.74, 6) is -0.0128. The number of fused-ring (bicyclic) bond motifs is 8. The van der Waals surface area contributed by atoms with E-state index < -0.39 is 42.4 Å². The van der Waals surface area contributed by atoms with Gasteiger partial charge < -0.3 is 9.30 Å². The van der Waals surface area contributed by atoms with E-state index in [1.807, 2.05) is 22.5 Å². The van der Waals surface area contributed by atoms with E-state index in [0.29, 0.717) is 24.5 Å². The fourth-order valence-corrected chi connectivity index (χ4v) is 12.4. The lowest BCUT2D eigenvalue weighted by molar-refractivity contribution is -0.115. The number of allylic oxidation sites excluding steroid dienone is 4. The highest BCUT2D eigenvalue weighted by atomic mass is 32.2. The Labute approximate surface area is 271 Å². The summed E-state index contributed by atoms with van der Waals surface area (Å²) < 4.78 is 67.3. The topological polar surface area (TPSA) is 115 Å². The molecule has 8 rings (SSSR count). The first kappa shape index (κ1) is 30.4. The molecule has 2 saturated heterocycles. The summed E-state index contributed by atoms with van der Waals surface area (Å²) in [5.41, 5.74) is 5.90. The zero-order valence-corrected chi connectivity index (χ0v) is 28.4. The maximum absolute atomic E-state index is 14.7. The summed E-state index contributed by atoms with van der Waals surface area (Å²) in [6.45, 7) is 3.46. The smallest absolute Gasteiger partial charge is 0.265 e. The van der Waals surface area contributed by atoms with Crippen LogP contribution in [0.25, 0.3) is 10.9 Å². The van der Waals surface area contributed by atoms with Crippen LogP contribution in [-0.2, 0) is 31.4 Å². The summed E-state index contributed by atoms with van der Waals surface area (Å²) >= 11 is 0. The lowest BCUT2D eigenvalue weighted by Crippen LogP contribution is -2.45. The van der Waals surface area contributed by atoms with Crippen LogP contribution in [0, 0.1) is 0 Å². The van der Waals surface area contributed by atoms with Crippen molar-refractivity contribution in [3.05, 3.63) is 63.9 Å². The molecule has 9 nitrogen and oxygen atoms in total. The van der Waals surface area contributed by atoms with Gasteiger partial charge in [0.15, 0.2) is 0 Å². The quantitative estimate of drug-likeness (QED) is 0.416. The van der Waals surface area contributed by atoms with Gasteiger partial charge in [-0.2, -0.15) is 4.31 Å². The SMILES string of the molecule is COc1ccc(C2CCCCC2)c2c1cc1n2CC2=C(C(=O)NS(=O)(=O)C(C)C)C2=C2C=CC[C@@H](S(=O)(=O)N3C4CCC3CC4)C21. The lowest BCUT2D eigenvalue weighted by Gasteiger charge is -2.35. The molecule has 0 radical (unpaired) electrons. The molecule has 3 aliphatic heterocycles. The van der Waals surface area contributed by atoms with E-state index in [4.69, 9.17) is 4.74 Å². The molecule has 246 valence electrons. The van der Waals surface area contributed by atoms with E-state index in [1.165, 1.54) is 24.8 Å². The highest BCUT2D eigenvalue weighted by molar-refractivity contribution is 7.90. The van der Waals surface area contributed by atoms with E-state index >= 15 is 0 Å². The normalized spacial score (nSPS) is 28.0. The van der Waals surface area contributed by atoms with Crippen LogP contribution in [-0.4, -0.2) is 61.3 Å². The van der Waals surface area contributed by atoms with Crippen molar-refractivity contribution in [1.29, 1.82) is 0 Å². The Bertz CT molecular complexity index is 1940. The molecule has 11 heteroatoms. The van der Waals surface area contributed by atoms with Crippen LogP contribution in [0.15, 0.2) is 52.6 Å². The van der Waals surface area contributed by atoms with E-state index in [0.717, 1.165) is 77.6 Å². The number of aromatic nitrogens is 1. The first-order valence-corrected chi connectivity index (χ1v) is 20.0. The van der Waals surface area contributed by atoms with Crippen LogP contribution in [0.3, 0.4) is 0 Å². The maximum atomic E-state index is 14.7. The molecule has 4 heterocycles. The van der Waals surface area contributed by atoms with Crippen molar-refractivity contribution in [1.82, 2.24) is 13.6 Å². The number of carbonyl (C=O) groups excluding carboxylic acids is 1. The fourth-order valence-electron chi connectivity index (χ4n) is 9.25. The van der Waals surface area contributed by atoms with Crippen molar-refractivity contribution in [2.75, 3.05) is 7.11 Å². The van der Waals surface area contributed by atoms with Crippen molar-refractivity contribution < 1.29 is 26.4 Å². The van der Waals surface area contributed by atoms with E-state index in [1.54, 1.807) is 21.0 Å². The number of hydrogen-bond donors (Lipinski definition) is 1. The van der Waals surface area contributed by atoms with E-state index in [9.17, 15) is 21.6 Å². The number of nitrogens with one attached hydrogen (secondary N) is 1. The van der Waals surface area contributed by atoms with Gasteiger partial charge in [0.2, 0.25) is 20.0 Å². The molecule has 1 saturated carbocycles. The molecule has 1 amide bonds. The zero-order chi connectivity index (χ0) is 32.1. The second-order valence-electron chi connectivity index (χ2n) is 14.3. The van der Waals surface area contributed by atoms with Gasteiger partial charge in [-0.1, -0.05) is 37.5 Å². The third-order valence-corrected chi connectivity index (χ3v) is 15.7. The molecular weight excluding hydrogens is 623 g/mol. The van der Waals surface area contributed by atoms with Crippen molar-refractivity contribution in [3.8, 4) is 5.75 Å². The summed E-state index contributed by atoms with van der Waals surface area (Å²) in [7, 11) is -5.89. The molecule has 2 bridgehead atoms. The summed E-state index contributed by atoms with van der Waals surface area (Å²) in [6.07, 6.45) is 13.7. The minimum atomic E-state index is -3.85. The molecule has 1 aromatic carbocycles. The Morgan fingerprint density at radius 2 is 1.67 bits per heavy atom. The van der Waals surface area contributed by atoms with Crippen LogP contribution < -0.4 is 9.46 Å². The number of rotatable bonds is 7. The Kier molecular flexibility index (Phi) is 7.16. The molecule has 46 heavy (non-hydrogen) atoms. The first-order chi connectivity index (χ1) is 22.0. The number of sulfonamides is 2. The number of hydrogen-bond acceptors (Lipinski definition) is 6. The molecule has 1 aromatic heterocycles. The van der Waals surface area contributed by atoms with Gasteiger partial charge in [-0.25, -0.2) is 21.6 Å². The minimum Gasteiger partial charge on any atom is -0.496 e. The van der Waals surface area contributed by atoms with Gasteiger partial charge in [0.05, 0.1) is 28.7 Å². The first-order valence-electron chi connectivity index (χ1n) is 17.0. The summed E-state index contributed by atoms with van der Waals surface area (Å²) in [5, 5.41) is -0.525. The molecule has 2 aromatic rings. The third-order valence-electron chi connectivity index (χ3n) is 11.6. The minimum absolute atomic E-state index is 0.0591. The monoisotopic (exact) mass is 665 g/mol. The molecule has 1 unspecified atom stereocenters. The predicted octanol–water partition coefficient (Wildman–Crippen LogP) is 5.54. The number of amides is 1. The van der Waals surface area contributed by atoms with Gasteiger partial charge in [0, 0.05) is 35.6 Å². The van der Waals surface area contributed by atoms with E-state index in [-0.39, 0.29) is 12.1 Å². The number of benzene rings is 1. The molecule has 3 fully saturated rings. The van der Waals surface area contributed by atoms with Gasteiger partial charge in [-0.3, -0.25) is 4.79 Å². The number of ether oxygens (including phenoxy) is 1. The average Bonchev–Trinajstić information content (AvgIpc) is 3.27. The van der Waals surface area contributed by atoms with Gasteiger partial charge >= 0.3 is 0 Å². The Morgan fingerprint density at radius 1 is 0.978 bits per heavy atom. The van der Waals surface area contributed by atoms with Crippen LogP contribution >= 0.6 is 0 Å². The standard InChI is InChI=1S/C35H43N3O6S2/c1-20(2)45(40,41)36-35(39)33-27-19-37-28(18-26-29(44-3)17-16-24(34(26)37)21-8-5-4-6-9-21)32-25(31(27)33)10-7-11-30(32)46(42,43)38-22-12-13-23(38)15-14-22/h7,10,16-18,20-23,30,32H,4-6,8-9,11-15,19H2,1-3H3,(H,36,39)/t22?,23?,30-,32?/m1/s1. The van der Waals surface area contributed by atoms with Crippen molar-refractivity contribution in [2.24, 2.45) is 0 Å². The summed E-state index contributed by atoms with van der Waals surface area (Å²) in [4.78, 5) is 13.6. The Hall–Kier alpha value is -2.89. The van der Waals surface area contributed by atoms with Gasteiger partial charge in [0.1, 0.15) is 5.75 Å². The molecule has 1 N–H and O–H groups in total. The molecular formula is C35H43N3O6S2. The zero-order valence-electron chi connectivity index (χ0n) is 26.8. The van der Waals surface area contributed by atoms with Gasteiger partial charge in [0.25, 0.3) is 5.91 Å². The van der Waals surface area contributed by atoms with Crippen molar-refractivity contribution in [3.63, 3.8) is 0 Å². The van der Waals surface area contributed by atoms with Crippen molar-refractivity contribution in [2.45, 2.75) is 119 Å². The largest absolute Gasteiger partial charge is 0.496 e. The lowest BCUT2D eigenvalue weighted by atomic mass is 9.83. The van der Waals surface area contributed by atoms with Gasteiger partial charge in [-0.15, -0.1) is 0 Å². The van der Waals surface area contributed by atoms with Crippen LogP contribution in [0.1, 0.15) is 101 Å². The van der Waals surface area contributed by atoms with Crippen LogP contribution in [0.5, 0.6) is 5.75 Å². The number of methoxy groups -OCH3 is 1. The molecule has 6 aliphatic rings. The molecule has 3 aliphatic carbocycles. The molecule has 2 atom stereocenters. The van der Waals surface area contributed by atoms with E-state index in [2.05, 4.69) is 21.4 Å². The third kappa shape index (κ3) is 4.51. The second kappa shape index (κ2) is 10.8. The van der Waals surface area contributed by atoms with Crippen LogP contribution in [0.2, 0.25) is 0 Å². The molecule has 0 spiro atoms. The maximum Gasteiger partial charge on any atom is 0.265 e. The highest BCUT2D eigenvalue weighted by Gasteiger charge is 2.54. The number of carbonyl (C=O) groups is 1. The fraction of sp³-hybridized carbons (Fsp3) is 0.571. The Morgan fingerprint density at radius 3 is 2.33 bits per heavy atom. The predicted molar refractivity (Wildman–Crippen MR) is 178 cm³/mol. The summed E-state index contributed by atoms with van der Waals surface area (Å²) in [6, 6.07) is 6.47. The second-order valence-corrected chi connectivity index (χ2v) is 18.6. The van der Waals surface area contributed by atoms with Gasteiger partial charge in [-0.05, 0) is 99.1 Å². The van der Waals surface area contributed by atoms with Crippen molar-refractivity contribution >= 4 is 36.9 Å². The highest BCUT2D eigenvalue weighted by Crippen LogP contribution is 2.56. The Balaban J connectivity index is 1.34. The number of nitrogens with zero attached hydrogens (tertiary/aromatic N) is 2. The average molecular weight is 666 g/mol.